The molecular weight excluding hydrogens is 221 g/mol. The molecule has 0 fully saturated rings. The van der Waals surface area contributed by atoms with Crippen LogP contribution in [0.15, 0.2) is 41.8 Å². The summed E-state index contributed by atoms with van der Waals surface area (Å²) in [5, 5.41) is 12.3. The largest absolute Gasteiger partial charge is 0.410 e. The zero-order chi connectivity index (χ0) is 12.3. The Morgan fingerprint density at radius 2 is 1.82 bits per heavy atom. The van der Waals surface area contributed by atoms with E-state index < -0.39 is 0 Å². The van der Waals surface area contributed by atoms with Gasteiger partial charge in [-0.25, -0.2) is 4.39 Å². The predicted molar refractivity (Wildman–Crippen MR) is 60.6 cm³/mol. The van der Waals surface area contributed by atoms with E-state index >= 15 is 0 Å². The smallest absolute Gasteiger partial charge is 0.137 e. The molecule has 1 aromatic heterocycles. The molecule has 1 heterocycles. The predicted octanol–water partition coefficient (Wildman–Crippen LogP) is 2.15. The summed E-state index contributed by atoms with van der Waals surface area (Å²) in [5.74, 6) is -0.345. The first-order valence-corrected chi connectivity index (χ1v) is 4.98. The van der Waals surface area contributed by atoms with Gasteiger partial charge in [0.05, 0.1) is 5.69 Å². The van der Waals surface area contributed by atoms with Gasteiger partial charge in [0.1, 0.15) is 17.2 Å². The van der Waals surface area contributed by atoms with Crippen molar-refractivity contribution in [3.8, 4) is 0 Å². The molecule has 1 N–H and O–H groups in total. The molecule has 17 heavy (non-hydrogen) atoms. The first-order chi connectivity index (χ1) is 8.22. The van der Waals surface area contributed by atoms with Crippen molar-refractivity contribution in [3.05, 3.63) is 59.4 Å². The van der Waals surface area contributed by atoms with Gasteiger partial charge in [-0.2, -0.15) is 0 Å². The molecule has 86 valence electrons. The van der Waals surface area contributed by atoms with Crippen LogP contribution in [0.1, 0.15) is 17.0 Å². The fraction of sp³-hybridized carbons (Fsp3) is 0.0833. The molecule has 0 amide bonds. The highest BCUT2D eigenvalue weighted by atomic mass is 19.1. The Labute approximate surface area is 97.5 Å². The van der Waals surface area contributed by atoms with Crippen molar-refractivity contribution in [1.82, 2.24) is 9.97 Å². The summed E-state index contributed by atoms with van der Waals surface area (Å²) < 4.78 is 12.8. The first-order valence-electron chi connectivity index (χ1n) is 4.98. The zero-order valence-corrected chi connectivity index (χ0v) is 9.13. The molecule has 5 heteroatoms. The molecule has 1 aromatic carbocycles. The minimum atomic E-state index is -0.345. The fourth-order valence-corrected chi connectivity index (χ4v) is 1.49. The normalized spacial score (nSPS) is 11.5. The number of aryl methyl sites for hydroxylation is 1. The minimum Gasteiger partial charge on any atom is -0.410 e. The van der Waals surface area contributed by atoms with Crippen LogP contribution in [0.4, 0.5) is 4.39 Å². The van der Waals surface area contributed by atoms with Crippen molar-refractivity contribution in [3.63, 3.8) is 0 Å². The summed E-state index contributed by atoms with van der Waals surface area (Å²) in [6.45, 7) is 1.76. The highest BCUT2D eigenvalue weighted by Gasteiger charge is 2.12. The van der Waals surface area contributed by atoms with E-state index in [1.807, 2.05) is 0 Å². The van der Waals surface area contributed by atoms with Gasteiger partial charge in [0, 0.05) is 18.0 Å². The van der Waals surface area contributed by atoms with E-state index in [0.717, 1.165) is 0 Å². The molecule has 0 saturated carbocycles. The Hall–Kier alpha value is -2.30. The monoisotopic (exact) mass is 231 g/mol. The van der Waals surface area contributed by atoms with Gasteiger partial charge in [-0.05, 0) is 31.2 Å². The summed E-state index contributed by atoms with van der Waals surface area (Å²) in [6, 6.07) is 5.65. The van der Waals surface area contributed by atoms with E-state index in [-0.39, 0.29) is 11.5 Å². The maximum atomic E-state index is 12.8. The maximum Gasteiger partial charge on any atom is 0.137 e. The van der Waals surface area contributed by atoms with Crippen LogP contribution >= 0.6 is 0 Å². The van der Waals surface area contributed by atoms with Crippen LogP contribution in [0, 0.1) is 12.7 Å². The van der Waals surface area contributed by atoms with E-state index in [1.165, 1.54) is 30.5 Å². The van der Waals surface area contributed by atoms with E-state index in [1.54, 1.807) is 13.1 Å². The SMILES string of the molecule is Cc1nccnc1/C(=N\O)c1ccc(F)cc1. The van der Waals surface area contributed by atoms with Crippen LogP contribution in [0.3, 0.4) is 0 Å². The quantitative estimate of drug-likeness (QED) is 0.489. The fourth-order valence-electron chi connectivity index (χ4n) is 1.49. The maximum absolute atomic E-state index is 12.8. The molecule has 0 spiro atoms. The van der Waals surface area contributed by atoms with Crippen LogP contribution in [-0.2, 0) is 0 Å². The molecule has 0 unspecified atom stereocenters. The molecule has 0 aliphatic carbocycles. The van der Waals surface area contributed by atoms with Gasteiger partial charge in [-0.3, -0.25) is 9.97 Å². The van der Waals surface area contributed by atoms with Crippen molar-refractivity contribution in [2.75, 3.05) is 0 Å². The summed E-state index contributed by atoms with van der Waals surface area (Å²) in [6.07, 6.45) is 3.07. The van der Waals surface area contributed by atoms with Crippen molar-refractivity contribution in [2.45, 2.75) is 6.92 Å². The highest BCUT2D eigenvalue weighted by molar-refractivity contribution is 6.11. The number of benzene rings is 1. The Morgan fingerprint density at radius 1 is 1.18 bits per heavy atom. The second-order valence-electron chi connectivity index (χ2n) is 3.45. The van der Waals surface area contributed by atoms with Gasteiger partial charge in [-0.15, -0.1) is 0 Å². The summed E-state index contributed by atoms with van der Waals surface area (Å²) in [4.78, 5) is 8.16. The van der Waals surface area contributed by atoms with E-state index in [4.69, 9.17) is 5.21 Å². The second-order valence-corrected chi connectivity index (χ2v) is 3.45. The summed E-state index contributed by atoms with van der Waals surface area (Å²) in [5.41, 5.74) is 1.97. The van der Waals surface area contributed by atoms with Crippen molar-refractivity contribution in [1.29, 1.82) is 0 Å². The van der Waals surface area contributed by atoms with Crippen molar-refractivity contribution >= 4 is 5.71 Å². The minimum absolute atomic E-state index is 0.274. The standard InChI is InChI=1S/C12H10FN3O/c1-8-11(15-7-6-14-8)12(16-17)9-2-4-10(13)5-3-9/h2-7,17H,1H3/b16-12-. The molecule has 4 nitrogen and oxygen atoms in total. The molecule has 2 aromatic rings. The lowest BCUT2D eigenvalue weighted by atomic mass is 10.1. The zero-order valence-electron chi connectivity index (χ0n) is 9.13. The molecule has 0 bridgehead atoms. The summed E-state index contributed by atoms with van der Waals surface area (Å²) in [7, 11) is 0. The van der Waals surface area contributed by atoms with Gasteiger partial charge in [0.25, 0.3) is 0 Å². The molecule has 0 atom stereocenters. The molecule has 0 aliphatic heterocycles. The van der Waals surface area contributed by atoms with Gasteiger partial charge >= 0.3 is 0 Å². The van der Waals surface area contributed by atoms with Gasteiger partial charge in [-0.1, -0.05) is 5.16 Å². The van der Waals surface area contributed by atoms with E-state index in [0.29, 0.717) is 17.0 Å². The van der Waals surface area contributed by atoms with Crippen LogP contribution < -0.4 is 0 Å². The number of hydrogen-bond acceptors (Lipinski definition) is 4. The third-order valence-corrected chi connectivity index (χ3v) is 2.32. The third kappa shape index (κ3) is 2.28. The van der Waals surface area contributed by atoms with Gasteiger partial charge in [0.15, 0.2) is 0 Å². The van der Waals surface area contributed by atoms with E-state index in [9.17, 15) is 4.39 Å². The number of hydrogen-bond donors (Lipinski definition) is 1. The molecule has 0 radical (unpaired) electrons. The number of oxime groups is 1. The van der Waals surface area contributed by atoms with Crippen LogP contribution in [0.5, 0.6) is 0 Å². The number of rotatable bonds is 2. The Kier molecular flexibility index (Phi) is 3.09. The third-order valence-electron chi connectivity index (χ3n) is 2.32. The average molecular weight is 231 g/mol. The lowest BCUT2D eigenvalue weighted by molar-refractivity contribution is 0.319. The lowest BCUT2D eigenvalue weighted by Crippen LogP contribution is -2.09. The van der Waals surface area contributed by atoms with Gasteiger partial charge < -0.3 is 5.21 Å². The Bertz CT molecular complexity index is 552. The molecule has 0 aliphatic rings. The van der Waals surface area contributed by atoms with Gasteiger partial charge in [0.2, 0.25) is 0 Å². The number of aromatic nitrogens is 2. The lowest BCUT2D eigenvalue weighted by Gasteiger charge is -2.05. The Morgan fingerprint density at radius 3 is 2.41 bits per heavy atom. The van der Waals surface area contributed by atoms with Crippen molar-refractivity contribution < 1.29 is 9.60 Å². The van der Waals surface area contributed by atoms with Crippen molar-refractivity contribution in [2.24, 2.45) is 5.16 Å². The number of nitrogens with zero attached hydrogens (tertiary/aromatic N) is 3. The topological polar surface area (TPSA) is 58.4 Å². The molecular formula is C12H10FN3O. The van der Waals surface area contributed by atoms with E-state index in [2.05, 4.69) is 15.1 Å². The van der Waals surface area contributed by atoms with Crippen LogP contribution in [-0.4, -0.2) is 20.9 Å². The Balaban J connectivity index is 2.49. The van der Waals surface area contributed by atoms with Crippen LogP contribution in [0.25, 0.3) is 0 Å². The first kappa shape index (κ1) is 11.2. The highest BCUT2D eigenvalue weighted by Crippen LogP contribution is 2.11. The molecule has 0 saturated heterocycles. The van der Waals surface area contributed by atoms with Crippen LogP contribution in [0.2, 0.25) is 0 Å². The number of halogens is 1. The molecule has 2 rings (SSSR count). The second kappa shape index (κ2) is 4.69. The summed E-state index contributed by atoms with van der Waals surface area (Å²) >= 11 is 0. The average Bonchev–Trinajstić information content (AvgIpc) is 2.35.